The van der Waals surface area contributed by atoms with Gasteiger partial charge in [0.15, 0.2) is 0 Å². The van der Waals surface area contributed by atoms with E-state index in [1.165, 1.54) is 4.90 Å². The van der Waals surface area contributed by atoms with Gasteiger partial charge in [-0.15, -0.1) is 0 Å². The molecule has 0 aromatic rings. The predicted molar refractivity (Wildman–Crippen MR) is 98.6 cm³/mol. The molecule has 1 aliphatic rings. The van der Waals surface area contributed by atoms with Crippen LogP contribution in [-0.2, 0) is 19.2 Å². The summed E-state index contributed by atoms with van der Waals surface area (Å²) in [7, 11) is 0. The molecule has 5 N–H and O–H groups in total. The Morgan fingerprint density at radius 1 is 1.27 bits per heavy atom. The number of carboxylic acid groups (broad SMARTS) is 1. The summed E-state index contributed by atoms with van der Waals surface area (Å²) in [6.07, 6.45) is 1.40. The minimum absolute atomic E-state index is 0.129. The van der Waals surface area contributed by atoms with Crippen molar-refractivity contribution >= 4 is 36.3 Å². The number of thiol groups is 1. The van der Waals surface area contributed by atoms with E-state index in [1.54, 1.807) is 0 Å². The van der Waals surface area contributed by atoms with Crippen LogP contribution in [0.3, 0.4) is 0 Å². The molecule has 1 aliphatic heterocycles. The summed E-state index contributed by atoms with van der Waals surface area (Å²) >= 11 is 3.96. The lowest BCUT2D eigenvalue weighted by Crippen LogP contribution is -2.54. The van der Waals surface area contributed by atoms with Crippen molar-refractivity contribution in [1.29, 1.82) is 0 Å². The molecule has 1 saturated heterocycles. The molecular formula is C16H28N4O5S. The topological polar surface area (TPSA) is 142 Å². The van der Waals surface area contributed by atoms with Gasteiger partial charge in [0.1, 0.15) is 12.1 Å². The fourth-order valence-corrected chi connectivity index (χ4v) is 2.94. The van der Waals surface area contributed by atoms with E-state index in [0.29, 0.717) is 25.8 Å². The number of rotatable bonds is 9. The summed E-state index contributed by atoms with van der Waals surface area (Å²) < 4.78 is 0. The maximum absolute atomic E-state index is 12.4. The van der Waals surface area contributed by atoms with Crippen molar-refractivity contribution in [2.75, 3.05) is 18.8 Å². The number of carbonyl (C=O) groups excluding carboxylic acids is 3. The van der Waals surface area contributed by atoms with E-state index in [2.05, 4.69) is 23.3 Å². The van der Waals surface area contributed by atoms with Crippen LogP contribution in [0.15, 0.2) is 0 Å². The highest BCUT2D eigenvalue weighted by Crippen LogP contribution is 2.17. The van der Waals surface area contributed by atoms with Gasteiger partial charge in [0.2, 0.25) is 17.7 Å². The zero-order valence-corrected chi connectivity index (χ0v) is 16.0. The van der Waals surface area contributed by atoms with Crippen molar-refractivity contribution in [2.24, 2.45) is 11.7 Å². The van der Waals surface area contributed by atoms with Crippen LogP contribution >= 0.6 is 12.6 Å². The zero-order chi connectivity index (χ0) is 19.9. The van der Waals surface area contributed by atoms with Crippen molar-refractivity contribution in [3.05, 3.63) is 0 Å². The molecular weight excluding hydrogens is 360 g/mol. The Bertz CT molecular complexity index is 543. The van der Waals surface area contributed by atoms with Crippen LogP contribution < -0.4 is 16.4 Å². The van der Waals surface area contributed by atoms with Gasteiger partial charge in [0.25, 0.3) is 0 Å². The molecule has 26 heavy (non-hydrogen) atoms. The fourth-order valence-electron chi connectivity index (χ4n) is 2.77. The normalized spacial score (nSPS) is 19.1. The van der Waals surface area contributed by atoms with Crippen LogP contribution in [0.2, 0.25) is 0 Å². The Morgan fingerprint density at radius 3 is 2.46 bits per heavy atom. The van der Waals surface area contributed by atoms with Crippen molar-refractivity contribution in [3.8, 4) is 0 Å². The molecule has 3 unspecified atom stereocenters. The third kappa shape index (κ3) is 6.49. The standard InChI is InChI=1S/C16H28N4O5S/c1-9(2)6-11(19-14(22)10(17)8-26)15(23)18-7-13(21)20-5-3-4-12(20)16(24)25/h9-12,26H,3-8,17H2,1-2H3,(H,18,23)(H,19,22)(H,24,25). The molecule has 0 radical (unpaired) electrons. The van der Waals surface area contributed by atoms with Crippen LogP contribution in [-0.4, -0.2) is 70.7 Å². The van der Waals surface area contributed by atoms with Gasteiger partial charge in [-0.05, 0) is 25.2 Å². The van der Waals surface area contributed by atoms with E-state index in [-0.39, 0.29) is 18.2 Å². The molecule has 10 heteroatoms. The van der Waals surface area contributed by atoms with Gasteiger partial charge in [-0.1, -0.05) is 13.8 Å². The molecule has 0 aromatic carbocycles. The Balaban J connectivity index is 2.64. The maximum atomic E-state index is 12.4. The molecule has 9 nitrogen and oxygen atoms in total. The molecule has 0 saturated carbocycles. The number of carboxylic acids is 1. The summed E-state index contributed by atoms with van der Waals surface area (Å²) in [6, 6.07) is -2.50. The molecule has 1 rings (SSSR count). The number of amides is 3. The quantitative estimate of drug-likeness (QED) is 0.320. The molecule has 0 bridgehead atoms. The third-order valence-corrected chi connectivity index (χ3v) is 4.54. The highest BCUT2D eigenvalue weighted by Gasteiger charge is 2.34. The number of aliphatic carboxylic acids is 1. The van der Waals surface area contributed by atoms with E-state index in [4.69, 9.17) is 10.8 Å². The monoisotopic (exact) mass is 388 g/mol. The summed E-state index contributed by atoms with van der Waals surface area (Å²) in [5.41, 5.74) is 5.61. The smallest absolute Gasteiger partial charge is 0.326 e. The average Bonchev–Trinajstić information content (AvgIpc) is 3.07. The van der Waals surface area contributed by atoms with Gasteiger partial charge in [0, 0.05) is 12.3 Å². The molecule has 1 fully saturated rings. The van der Waals surface area contributed by atoms with Gasteiger partial charge in [-0.2, -0.15) is 12.6 Å². The molecule has 0 aromatic heterocycles. The van der Waals surface area contributed by atoms with Crippen LogP contribution in [0.25, 0.3) is 0 Å². The minimum atomic E-state index is -1.05. The first-order valence-electron chi connectivity index (χ1n) is 8.64. The van der Waals surface area contributed by atoms with Crippen LogP contribution in [0, 0.1) is 5.92 Å². The second kappa shape index (κ2) is 10.4. The predicted octanol–water partition coefficient (Wildman–Crippen LogP) is -1.03. The van der Waals surface area contributed by atoms with E-state index in [0.717, 1.165) is 0 Å². The molecule has 0 aliphatic carbocycles. The maximum Gasteiger partial charge on any atom is 0.326 e. The Labute approximate surface area is 158 Å². The Kier molecular flexibility index (Phi) is 8.86. The van der Waals surface area contributed by atoms with Crippen LogP contribution in [0.5, 0.6) is 0 Å². The number of nitrogens with zero attached hydrogens (tertiary/aromatic N) is 1. The molecule has 148 valence electrons. The zero-order valence-electron chi connectivity index (χ0n) is 15.1. The van der Waals surface area contributed by atoms with Crippen LogP contribution in [0.1, 0.15) is 33.1 Å². The molecule has 0 spiro atoms. The van der Waals surface area contributed by atoms with Gasteiger partial charge >= 0.3 is 5.97 Å². The first-order chi connectivity index (χ1) is 12.2. The van der Waals surface area contributed by atoms with Gasteiger partial charge in [-0.3, -0.25) is 14.4 Å². The lowest BCUT2D eigenvalue weighted by atomic mass is 10.0. The van der Waals surface area contributed by atoms with Crippen molar-refractivity contribution in [1.82, 2.24) is 15.5 Å². The number of likely N-dealkylation sites (tertiary alicyclic amines) is 1. The van der Waals surface area contributed by atoms with E-state index in [1.807, 2.05) is 13.8 Å². The second-order valence-corrected chi connectivity index (χ2v) is 7.15. The van der Waals surface area contributed by atoms with Gasteiger partial charge < -0.3 is 26.4 Å². The van der Waals surface area contributed by atoms with Crippen LogP contribution in [0.4, 0.5) is 0 Å². The van der Waals surface area contributed by atoms with E-state index < -0.39 is 41.8 Å². The molecule has 3 amide bonds. The number of nitrogens with one attached hydrogen (secondary N) is 2. The molecule has 3 atom stereocenters. The fraction of sp³-hybridized carbons (Fsp3) is 0.750. The first-order valence-corrected chi connectivity index (χ1v) is 9.27. The number of hydrogen-bond donors (Lipinski definition) is 5. The SMILES string of the molecule is CC(C)CC(NC(=O)C(N)CS)C(=O)NCC(=O)N1CCCC1C(=O)O. The van der Waals surface area contributed by atoms with Crippen molar-refractivity contribution in [2.45, 2.75) is 51.2 Å². The highest BCUT2D eigenvalue weighted by atomic mass is 32.1. The Morgan fingerprint density at radius 2 is 1.92 bits per heavy atom. The lowest BCUT2D eigenvalue weighted by molar-refractivity contribution is -0.148. The summed E-state index contributed by atoms with van der Waals surface area (Å²) in [5, 5.41) is 14.2. The van der Waals surface area contributed by atoms with Crippen molar-refractivity contribution < 1.29 is 24.3 Å². The second-order valence-electron chi connectivity index (χ2n) is 6.78. The van der Waals surface area contributed by atoms with Gasteiger partial charge in [0.05, 0.1) is 12.6 Å². The lowest BCUT2D eigenvalue weighted by Gasteiger charge is -2.24. The van der Waals surface area contributed by atoms with E-state index in [9.17, 15) is 19.2 Å². The number of hydrogen-bond acceptors (Lipinski definition) is 6. The highest BCUT2D eigenvalue weighted by molar-refractivity contribution is 7.80. The summed E-state index contributed by atoms with van der Waals surface area (Å²) in [4.78, 5) is 48.9. The Hall–Kier alpha value is -1.81. The summed E-state index contributed by atoms with van der Waals surface area (Å²) in [6.45, 7) is 3.84. The number of nitrogens with two attached hydrogens (primary N) is 1. The third-order valence-electron chi connectivity index (χ3n) is 4.15. The number of carbonyl (C=O) groups is 4. The van der Waals surface area contributed by atoms with Gasteiger partial charge in [-0.25, -0.2) is 4.79 Å². The first kappa shape index (κ1) is 22.2. The van der Waals surface area contributed by atoms with Crippen molar-refractivity contribution in [3.63, 3.8) is 0 Å². The van der Waals surface area contributed by atoms with E-state index >= 15 is 0 Å². The minimum Gasteiger partial charge on any atom is -0.480 e. The average molecular weight is 388 g/mol. The largest absolute Gasteiger partial charge is 0.480 e. The summed E-state index contributed by atoms with van der Waals surface area (Å²) in [5.74, 6) is -2.22. The molecule has 1 heterocycles.